The van der Waals surface area contributed by atoms with Gasteiger partial charge in [0.2, 0.25) is 0 Å². The highest BCUT2D eigenvalue weighted by molar-refractivity contribution is 5.94. The van der Waals surface area contributed by atoms with E-state index in [1.165, 1.54) is 40.7 Å². The average Bonchev–Trinajstić information content (AvgIpc) is 2.90. The SMILES string of the molecule is Cc1cc(OCCCCCCCc2ccc(C(=O)NCCC(=O)O)cc2)ccc1-c1ccc(C(C)C)cc1. The van der Waals surface area contributed by atoms with Gasteiger partial charge in [-0.3, -0.25) is 9.59 Å². The third-order valence-electron chi connectivity index (χ3n) is 6.81. The van der Waals surface area contributed by atoms with Crippen molar-refractivity contribution >= 4 is 11.9 Å². The van der Waals surface area contributed by atoms with Crippen LogP contribution in [0, 0.1) is 6.92 Å². The first kappa shape index (κ1) is 29.0. The summed E-state index contributed by atoms with van der Waals surface area (Å²) in [6, 6.07) is 22.8. The molecule has 0 aliphatic carbocycles. The molecule has 0 spiro atoms. The summed E-state index contributed by atoms with van der Waals surface area (Å²) in [5, 5.41) is 11.3. The van der Waals surface area contributed by atoms with Crippen molar-refractivity contribution in [2.45, 2.75) is 71.6 Å². The van der Waals surface area contributed by atoms with Crippen molar-refractivity contribution in [1.82, 2.24) is 5.32 Å². The maximum absolute atomic E-state index is 12.0. The van der Waals surface area contributed by atoms with Gasteiger partial charge in [0.15, 0.2) is 0 Å². The number of carboxylic acids is 1. The molecule has 0 aliphatic rings. The first-order valence-corrected chi connectivity index (χ1v) is 13.8. The number of rotatable bonds is 15. The van der Waals surface area contributed by atoms with E-state index in [1.54, 1.807) is 12.1 Å². The number of aryl methyl sites for hydroxylation is 2. The Bertz CT molecular complexity index is 1170. The van der Waals surface area contributed by atoms with Crippen LogP contribution >= 0.6 is 0 Å². The summed E-state index contributed by atoms with van der Waals surface area (Å²) in [6.07, 6.45) is 6.57. The van der Waals surface area contributed by atoms with Crippen molar-refractivity contribution in [2.75, 3.05) is 13.2 Å². The standard InChI is InChI=1S/C33H41NO4/c1-24(2)27-14-16-28(17-15-27)31-19-18-30(23-25(31)3)38-22-8-6-4-5-7-9-26-10-12-29(13-11-26)33(37)34-21-20-32(35)36/h10-19,23-24H,4-9,20-22H2,1-3H3,(H,34,37)(H,35,36). The molecule has 3 aromatic carbocycles. The molecule has 202 valence electrons. The van der Waals surface area contributed by atoms with Gasteiger partial charge in [0.1, 0.15) is 5.75 Å². The van der Waals surface area contributed by atoms with E-state index in [-0.39, 0.29) is 18.9 Å². The van der Waals surface area contributed by atoms with Crippen molar-refractivity contribution in [3.63, 3.8) is 0 Å². The molecule has 5 nitrogen and oxygen atoms in total. The second-order valence-electron chi connectivity index (χ2n) is 10.2. The van der Waals surface area contributed by atoms with E-state index in [9.17, 15) is 9.59 Å². The molecule has 0 saturated carbocycles. The number of carboxylic acid groups (broad SMARTS) is 1. The molecule has 0 saturated heterocycles. The van der Waals surface area contributed by atoms with Crippen LogP contribution in [0.15, 0.2) is 66.7 Å². The highest BCUT2D eigenvalue weighted by Crippen LogP contribution is 2.28. The Hall–Kier alpha value is -3.60. The lowest BCUT2D eigenvalue weighted by Crippen LogP contribution is -2.25. The molecule has 1 amide bonds. The van der Waals surface area contributed by atoms with E-state index in [2.05, 4.69) is 68.6 Å². The molecule has 0 atom stereocenters. The Morgan fingerprint density at radius 1 is 0.868 bits per heavy atom. The summed E-state index contributed by atoms with van der Waals surface area (Å²) in [5.74, 6) is 0.322. The lowest BCUT2D eigenvalue weighted by atomic mass is 9.96. The molecular formula is C33H41NO4. The molecule has 0 aromatic heterocycles. The molecule has 0 unspecified atom stereocenters. The monoisotopic (exact) mass is 515 g/mol. The van der Waals surface area contributed by atoms with Crippen LogP contribution in [0.5, 0.6) is 5.75 Å². The first-order chi connectivity index (χ1) is 18.3. The zero-order valence-electron chi connectivity index (χ0n) is 23.0. The second kappa shape index (κ2) is 15.0. The molecule has 0 radical (unpaired) electrons. The third kappa shape index (κ3) is 9.37. The van der Waals surface area contributed by atoms with Gasteiger partial charge in [0, 0.05) is 12.1 Å². The normalized spacial score (nSPS) is 10.9. The van der Waals surface area contributed by atoms with Gasteiger partial charge in [-0.15, -0.1) is 0 Å². The number of carbonyl (C=O) groups is 2. The Kier molecular flexibility index (Phi) is 11.4. The summed E-state index contributed by atoms with van der Waals surface area (Å²) >= 11 is 0. The van der Waals surface area contributed by atoms with Crippen molar-refractivity contribution < 1.29 is 19.4 Å². The molecule has 2 N–H and O–H groups in total. The molecule has 3 aromatic rings. The van der Waals surface area contributed by atoms with Gasteiger partial charge in [-0.05, 0) is 84.2 Å². The summed E-state index contributed by atoms with van der Waals surface area (Å²) in [5.41, 5.74) is 6.86. The van der Waals surface area contributed by atoms with Crippen molar-refractivity contribution in [3.05, 3.63) is 89.0 Å². The molecule has 3 rings (SSSR count). The van der Waals surface area contributed by atoms with E-state index < -0.39 is 5.97 Å². The number of nitrogens with one attached hydrogen (secondary N) is 1. The van der Waals surface area contributed by atoms with Crippen LogP contribution in [-0.4, -0.2) is 30.1 Å². The third-order valence-corrected chi connectivity index (χ3v) is 6.81. The van der Waals surface area contributed by atoms with Crippen molar-refractivity contribution in [1.29, 1.82) is 0 Å². The predicted octanol–water partition coefficient (Wildman–Crippen LogP) is 7.56. The second-order valence-corrected chi connectivity index (χ2v) is 10.2. The molecule has 0 heterocycles. The number of unbranched alkanes of at least 4 members (excludes halogenated alkanes) is 4. The Morgan fingerprint density at radius 3 is 2.21 bits per heavy atom. The largest absolute Gasteiger partial charge is 0.494 e. The van der Waals surface area contributed by atoms with Gasteiger partial charge in [-0.2, -0.15) is 0 Å². The van der Waals surface area contributed by atoms with E-state index in [1.807, 2.05) is 12.1 Å². The molecule has 0 aliphatic heterocycles. The average molecular weight is 516 g/mol. The zero-order chi connectivity index (χ0) is 27.3. The number of hydrogen-bond acceptors (Lipinski definition) is 3. The minimum atomic E-state index is -0.919. The maximum atomic E-state index is 12.0. The number of benzene rings is 3. The van der Waals surface area contributed by atoms with Crippen LogP contribution in [0.3, 0.4) is 0 Å². The van der Waals surface area contributed by atoms with E-state index in [4.69, 9.17) is 9.84 Å². The number of amides is 1. The smallest absolute Gasteiger partial charge is 0.305 e. The fourth-order valence-corrected chi connectivity index (χ4v) is 4.46. The number of hydrogen-bond donors (Lipinski definition) is 2. The molecule has 38 heavy (non-hydrogen) atoms. The summed E-state index contributed by atoms with van der Waals surface area (Å²) in [7, 11) is 0. The van der Waals surface area contributed by atoms with Gasteiger partial charge in [0.25, 0.3) is 5.91 Å². The number of ether oxygens (including phenoxy) is 1. The first-order valence-electron chi connectivity index (χ1n) is 13.8. The van der Waals surface area contributed by atoms with E-state index in [0.29, 0.717) is 11.5 Å². The van der Waals surface area contributed by atoms with Crippen LogP contribution < -0.4 is 10.1 Å². The quantitative estimate of drug-likeness (QED) is 0.205. The van der Waals surface area contributed by atoms with Gasteiger partial charge < -0.3 is 15.2 Å². The summed E-state index contributed by atoms with van der Waals surface area (Å²) < 4.78 is 6.01. The predicted molar refractivity (Wildman–Crippen MR) is 154 cm³/mol. The van der Waals surface area contributed by atoms with Gasteiger partial charge in [0.05, 0.1) is 13.0 Å². The fraction of sp³-hybridized carbons (Fsp3) is 0.394. The maximum Gasteiger partial charge on any atom is 0.305 e. The van der Waals surface area contributed by atoms with Crippen molar-refractivity contribution in [3.8, 4) is 16.9 Å². The van der Waals surface area contributed by atoms with Crippen LogP contribution in [0.2, 0.25) is 0 Å². The van der Waals surface area contributed by atoms with Gasteiger partial charge in [-0.1, -0.05) is 75.6 Å². The lowest BCUT2D eigenvalue weighted by Gasteiger charge is -2.12. The van der Waals surface area contributed by atoms with Crippen LogP contribution in [0.25, 0.3) is 11.1 Å². The van der Waals surface area contributed by atoms with E-state index in [0.717, 1.165) is 38.0 Å². The molecule has 0 fully saturated rings. The zero-order valence-corrected chi connectivity index (χ0v) is 23.0. The van der Waals surface area contributed by atoms with Crippen molar-refractivity contribution in [2.24, 2.45) is 0 Å². The molecule has 0 bridgehead atoms. The minimum Gasteiger partial charge on any atom is -0.494 e. The highest BCUT2D eigenvalue weighted by Gasteiger charge is 2.07. The topological polar surface area (TPSA) is 75.6 Å². The van der Waals surface area contributed by atoms with Crippen LogP contribution in [-0.2, 0) is 11.2 Å². The van der Waals surface area contributed by atoms with Crippen LogP contribution in [0.4, 0.5) is 0 Å². The summed E-state index contributed by atoms with van der Waals surface area (Å²) in [6.45, 7) is 7.45. The summed E-state index contributed by atoms with van der Waals surface area (Å²) in [4.78, 5) is 22.6. The number of carbonyl (C=O) groups excluding carboxylic acids is 1. The Morgan fingerprint density at radius 2 is 1.55 bits per heavy atom. The van der Waals surface area contributed by atoms with E-state index >= 15 is 0 Å². The minimum absolute atomic E-state index is 0.0726. The Balaban J connectivity index is 1.29. The van der Waals surface area contributed by atoms with Gasteiger partial charge in [-0.25, -0.2) is 0 Å². The highest BCUT2D eigenvalue weighted by atomic mass is 16.5. The lowest BCUT2D eigenvalue weighted by molar-refractivity contribution is -0.136. The number of aliphatic carboxylic acids is 1. The fourth-order valence-electron chi connectivity index (χ4n) is 4.46. The molecule has 5 heteroatoms. The van der Waals surface area contributed by atoms with Gasteiger partial charge >= 0.3 is 5.97 Å². The molecular weight excluding hydrogens is 474 g/mol. The Labute approximate surface area is 227 Å². The van der Waals surface area contributed by atoms with Crippen LogP contribution in [0.1, 0.15) is 85.3 Å².